The molecule has 0 saturated heterocycles. The van der Waals surface area contributed by atoms with E-state index in [2.05, 4.69) is 15.8 Å². The molecule has 1 unspecified atom stereocenters. The Kier molecular flexibility index (Phi) is 4.73. The molecule has 0 bridgehead atoms. The van der Waals surface area contributed by atoms with Crippen molar-refractivity contribution in [2.45, 2.75) is 19.9 Å². The lowest BCUT2D eigenvalue weighted by atomic mass is 9.93. The van der Waals surface area contributed by atoms with Crippen molar-refractivity contribution >= 4 is 29.1 Å². The molecule has 0 fully saturated rings. The van der Waals surface area contributed by atoms with E-state index in [1.54, 1.807) is 25.8 Å². The zero-order valence-corrected chi connectivity index (χ0v) is 15.1. The summed E-state index contributed by atoms with van der Waals surface area (Å²) >= 11 is 5.22. The third kappa shape index (κ3) is 3.17. The van der Waals surface area contributed by atoms with Crippen molar-refractivity contribution in [1.29, 1.82) is 0 Å². The Hall–Kier alpha value is -2.81. The van der Waals surface area contributed by atoms with Gasteiger partial charge in [0.15, 0.2) is 10.9 Å². The molecule has 1 aliphatic heterocycles. The van der Waals surface area contributed by atoms with Gasteiger partial charge < -0.3 is 20.1 Å². The number of aromatic nitrogens is 1. The molecule has 9 heteroatoms. The standard InChI is InChI=1S/C17H16F2N4O2S/c1-8-7-12(22-25-8)20-16(24)13-9(2)23(3)17(26)21-15(13)14-10(18)5-4-6-11(14)19/h4-7,15H,1-3H3,(H,21,26)(H,20,22,24). The van der Waals surface area contributed by atoms with Crippen LogP contribution in [0.25, 0.3) is 0 Å². The molecule has 2 aromatic rings. The summed E-state index contributed by atoms with van der Waals surface area (Å²) in [4.78, 5) is 14.4. The van der Waals surface area contributed by atoms with Crippen molar-refractivity contribution in [2.24, 2.45) is 0 Å². The number of carbonyl (C=O) groups is 1. The van der Waals surface area contributed by atoms with Gasteiger partial charge in [0.25, 0.3) is 5.91 Å². The van der Waals surface area contributed by atoms with Crippen LogP contribution in [0.2, 0.25) is 0 Å². The van der Waals surface area contributed by atoms with Crippen LogP contribution >= 0.6 is 12.2 Å². The molecule has 0 saturated carbocycles. The number of anilines is 1. The van der Waals surface area contributed by atoms with Crippen molar-refractivity contribution in [3.8, 4) is 0 Å². The summed E-state index contributed by atoms with van der Waals surface area (Å²) in [6.07, 6.45) is 0. The van der Waals surface area contributed by atoms with Crippen LogP contribution in [-0.4, -0.2) is 28.1 Å². The van der Waals surface area contributed by atoms with Crippen molar-refractivity contribution in [3.05, 3.63) is 58.5 Å². The SMILES string of the molecule is CC1=C(C(=O)Nc2cc(C)on2)C(c2c(F)cccc2F)NC(=S)N1C. The van der Waals surface area contributed by atoms with Crippen molar-refractivity contribution < 1.29 is 18.1 Å². The third-order valence-corrected chi connectivity index (χ3v) is 4.55. The fraction of sp³-hybridized carbons (Fsp3) is 0.235. The van der Waals surface area contributed by atoms with Gasteiger partial charge in [-0.05, 0) is 38.2 Å². The van der Waals surface area contributed by atoms with E-state index in [4.69, 9.17) is 16.7 Å². The van der Waals surface area contributed by atoms with Gasteiger partial charge >= 0.3 is 0 Å². The molecule has 0 aliphatic carbocycles. The maximum Gasteiger partial charge on any atom is 0.257 e. The number of carbonyl (C=O) groups excluding carboxylic acids is 1. The minimum atomic E-state index is -1.08. The van der Waals surface area contributed by atoms with Crippen molar-refractivity contribution in [2.75, 3.05) is 12.4 Å². The second-order valence-corrected chi connectivity index (χ2v) is 6.24. The largest absolute Gasteiger partial charge is 0.360 e. The lowest BCUT2D eigenvalue weighted by Crippen LogP contribution is -2.47. The average Bonchev–Trinajstić information content (AvgIpc) is 2.97. The maximum atomic E-state index is 14.3. The summed E-state index contributed by atoms with van der Waals surface area (Å²) < 4.78 is 33.6. The summed E-state index contributed by atoms with van der Waals surface area (Å²) in [6, 6.07) is 3.99. The molecule has 1 atom stereocenters. The summed E-state index contributed by atoms with van der Waals surface area (Å²) in [5, 5.41) is 9.37. The van der Waals surface area contributed by atoms with E-state index in [0.717, 1.165) is 12.1 Å². The van der Waals surface area contributed by atoms with E-state index in [9.17, 15) is 13.6 Å². The minimum Gasteiger partial charge on any atom is -0.360 e. The van der Waals surface area contributed by atoms with Crippen LogP contribution in [0.1, 0.15) is 24.3 Å². The molecule has 3 rings (SSSR count). The number of rotatable bonds is 3. The average molecular weight is 378 g/mol. The number of hydrogen-bond acceptors (Lipinski definition) is 4. The van der Waals surface area contributed by atoms with Crippen LogP contribution in [0.4, 0.5) is 14.6 Å². The first-order chi connectivity index (χ1) is 12.3. The highest BCUT2D eigenvalue weighted by atomic mass is 32.1. The fourth-order valence-corrected chi connectivity index (χ4v) is 3.00. The van der Waals surface area contributed by atoms with E-state index in [1.165, 1.54) is 12.1 Å². The van der Waals surface area contributed by atoms with E-state index in [1.807, 2.05) is 0 Å². The second kappa shape index (κ2) is 6.83. The van der Waals surface area contributed by atoms with E-state index >= 15 is 0 Å². The second-order valence-electron chi connectivity index (χ2n) is 5.85. The Labute approximate surface area is 153 Å². The molecular formula is C17H16F2N4O2S. The molecule has 1 aromatic carbocycles. The quantitative estimate of drug-likeness (QED) is 0.800. The van der Waals surface area contributed by atoms with Crippen molar-refractivity contribution in [3.63, 3.8) is 0 Å². The lowest BCUT2D eigenvalue weighted by Gasteiger charge is -2.35. The molecule has 136 valence electrons. The maximum absolute atomic E-state index is 14.3. The van der Waals surface area contributed by atoms with Crippen LogP contribution in [0.15, 0.2) is 40.1 Å². The number of nitrogens with zero attached hydrogens (tertiary/aromatic N) is 2. The Morgan fingerprint density at radius 2 is 2.00 bits per heavy atom. The van der Waals surface area contributed by atoms with Crippen LogP contribution in [0.5, 0.6) is 0 Å². The molecule has 1 amide bonds. The number of amides is 1. The van der Waals surface area contributed by atoms with Crippen LogP contribution in [0.3, 0.4) is 0 Å². The molecule has 1 aliphatic rings. The van der Waals surface area contributed by atoms with Crippen LogP contribution < -0.4 is 10.6 Å². The minimum absolute atomic E-state index is 0.130. The van der Waals surface area contributed by atoms with E-state index in [0.29, 0.717) is 11.5 Å². The number of halogens is 2. The van der Waals surface area contributed by atoms with Gasteiger partial charge in [-0.2, -0.15) is 0 Å². The Morgan fingerprint density at radius 1 is 1.35 bits per heavy atom. The highest BCUT2D eigenvalue weighted by molar-refractivity contribution is 7.80. The summed E-state index contributed by atoms with van der Waals surface area (Å²) in [6.45, 7) is 3.33. The summed E-state index contributed by atoms with van der Waals surface area (Å²) in [7, 11) is 1.66. The number of thiocarbonyl (C=S) groups is 1. The van der Waals surface area contributed by atoms with Gasteiger partial charge in [0.2, 0.25) is 0 Å². The van der Waals surface area contributed by atoms with E-state index < -0.39 is 23.6 Å². The van der Waals surface area contributed by atoms with Gasteiger partial charge in [0.05, 0.1) is 17.2 Å². The summed E-state index contributed by atoms with van der Waals surface area (Å²) in [5.74, 6) is -1.39. The van der Waals surface area contributed by atoms with Gasteiger partial charge in [0, 0.05) is 18.8 Å². The Morgan fingerprint density at radius 3 is 2.58 bits per heavy atom. The Bertz CT molecular complexity index is 905. The molecule has 0 spiro atoms. The van der Waals surface area contributed by atoms with Gasteiger partial charge in [-0.1, -0.05) is 11.2 Å². The molecule has 2 N–H and O–H groups in total. The topological polar surface area (TPSA) is 70.4 Å². The molecule has 1 aromatic heterocycles. The number of hydrogen-bond donors (Lipinski definition) is 2. The molecule has 26 heavy (non-hydrogen) atoms. The van der Waals surface area contributed by atoms with Crippen LogP contribution in [0, 0.1) is 18.6 Å². The number of benzene rings is 1. The van der Waals surface area contributed by atoms with Crippen LogP contribution in [-0.2, 0) is 4.79 Å². The number of nitrogens with one attached hydrogen (secondary N) is 2. The van der Waals surface area contributed by atoms with Gasteiger partial charge in [0.1, 0.15) is 17.4 Å². The lowest BCUT2D eigenvalue weighted by molar-refractivity contribution is -0.113. The fourth-order valence-electron chi connectivity index (χ4n) is 2.74. The Balaban J connectivity index is 2.07. The molecular weight excluding hydrogens is 362 g/mol. The summed E-state index contributed by atoms with van der Waals surface area (Å²) in [5.41, 5.74) is 0.327. The molecule has 0 radical (unpaired) electrons. The monoisotopic (exact) mass is 378 g/mol. The zero-order valence-electron chi connectivity index (χ0n) is 14.3. The van der Waals surface area contributed by atoms with Gasteiger partial charge in [-0.25, -0.2) is 8.78 Å². The normalized spacial score (nSPS) is 17.3. The van der Waals surface area contributed by atoms with Crippen molar-refractivity contribution in [1.82, 2.24) is 15.4 Å². The first-order valence-corrected chi connectivity index (χ1v) is 8.14. The predicted octanol–water partition coefficient (Wildman–Crippen LogP) is 3.03. The third-order valence-electron chi connectivity index (χ3n) is 4.16. The highest BCUT2D eigenvalue weighted by Gasteiger charge is 2.35. The zero-order chi connectivity index (χ0) is 19.0. The molecule has 2 heterocycles. The van der Waals surface area contributed by atoms with Gasteiger partial charge in [-0.15, -0.1) is 0 Å². The smallest absolute Gasteiger partial charge is 0.257 e. The van der Waals surface area contributed by atoms with Gasteiger partial charge in [-0.3, -0.25) is 4.79 Å². The number of aryl methyl sites for hydroxylation is 1. The first-order valence-electron chi connectivity index (χ1n) is 7.73. The first kappa shape index (κ1) is 18.0. The highest BCUT2D eigenvalue weighted by Crippen LogP contribution is 2.33. The number of allylic oxidation sites excluding steroid dienone is 1. The van der Waals surface area contributed by atoms with E-state index in [-0.39, 0.29) is 22.1 Å². The predicted molar refractivity (Wildman–Crippen MR) is 95.2 cm³/mol. The molecule has 6 nitrogen and oxygen atoms in total.